The molecule has 0 aliphatic carbocycles. The minimum atomic E-state index is 0.450. The van der Waals surface area contributed by atoms with Crippen LogP contribution in [0.1, 0.15) is 44.4 Å². The Labute approximate surface area is 87.5 Å². The molecule has 1 aromatic rings. The smallest absolute Gasteiger partial charge is 0.0296 e. The van der Waals surface area contributed by atoms with Crippen molar-refractivity contribution in [3.63, 3.8) is 0 Å². The van der Waals surface area contributed by atoms with E-state index >= 15 is 0 Å². The molecule has 0 aromatic heterocycles. The molecule has 0 fully saturated rings. The zero-order chi connectivity index (χ0) is 10.6. The van der Waals surface area contributed by atoms with Gasteiger partial charge in [0.15, 0.2) is 0 Å². The van der Waals surface area contributed by atoms with E-state index in [1.165, 1.54) is 17.5 Å². The highest BCUT2D eigenvalue weighted by Crippen LogP contribution is 2.17. The van der Waals surface area contributed by atoms with Gasteiger partial charge < -0.3 is 5.32 Å². The molecule has 1 nitrogen and oxygen atoms in total. The fourth-order valence-electron chi connectivity index (χ4n) is 1.71. The lowest BCUT2D eigenvalue weighted by Gasteiger charge is -2.20. The monoisotopic (exact) mass is 191 g/mol. The molecule has 1 heteroatoms. The number of hydrogen-bond donors (Lipinski definition) is 1. The molecule has 0 amide bonds. The van der Waals surface area contributed by atoms with Crippen molar-refractivity contribution in [1.29, 1.82) is 0 Å². The average Bonchev–Trinajstić information content (AvgIpc) is 2.18. The van der Waals surface area contributed by atoms with Crippen molar-refractivity contribution in [2.75, 3.05) is 0 Å². The fourth-order valence-corrected chi connectivity index (χ4v) is 1.71. The summed E-state index contributed by atoms with van der Waals surface area (Å²) in [6, 6.07) is 9.61. The molecule has 1 unspecified atom stereocenters. The molecule has 0 saturated carbocycles. The van der Waals surface area contributed by atoms with Crippen LogP contribution in [0.15, 0.2) is 24.3 Å². The van der Waals surface area contributed by atoms with Gasteiger partial charge in [-0.25, -0.2) is 0 Å². The van der Waals surface area contributed by atoms with Gasteiger partial charge >= 0.3 is 0 Å². The third kappa shape index (κ3) is 2.85. The second kappa shape index (κ2) is 5.16. The van der Waals surface area contributed by atoms with Crippen LogP contribution in [0.3, 0.4) is 0 Å². The van der Waals surface area contributed by atoms with Crippen molar-refractivity contribution in [2.24, 2.45) is 0 Å². The molecule has 14 heavy (non-hydrogen) atoms. The highest BCUT2D eigenvalue weighted by atomic mass is 14.9. The molecule has 0 spiro atoms. The summed E-state index contributed by atoms with van der Waals surface area (Å²) in [5, 5.41) is 3.59. The fraction of sp³-hybridized carbons (Fsp3) is 0.538. The summed E-state index contributed by atoms with van der Waals surface area (Å²) in [4.78, 5) is 0. The molecular weight excluding hydrogens is 170 g/mol. The molecule has 1 N–H and O–H groups in total. The molecule has 0 aliphatic heterocycles. The van der Waals surface area contributed by atoms with Crippen LogP contribution in [0.5, 0.6) is 0 Å². The summed E-state index contributed by atoms with van der Waals surface area (Å²) in [5.74, 6) is 0. The number of aryl methyl sites for hydroxylation is 1. The molecule has 0 bridgehead atoms. The standard InChI is InChI=1S/C13H21N/c1-5-11(3)14-12(4)13-9-7-6-8-10(13)2/h6-9,11-12,14H,5H2,1-4H3/t11?,12-/m0/s1. The van der Waals surface area contributed by atoms with E-state index < -0.39 is 0 Å². The second-order valence-electron chi connectivity index (χ2n) is 4.05. The van der Waals surface area contributed by atoms with Crippen molar-refractivity contribution >= 4 is 0 Å². The Kier molecular flexibility index (Phi) is 4.15. The highest BCUT2D eigenvalue weighted by Gasteiger charge is 2.09. The summed E-state index contributed by atoms with van der Waals surface area (Å²) in [7, 11) is 0. The van der Waals surface area contributed by atoms with Crippen LogP contribution < -0.4 is 5.32 Å². The first-order valence-electron chi connectivity index (χ1n) is 5.46. The Morgan fingerprint density at radius 3 is 2.43 bits per heavy atom. The first kappa shape index (κ1) is 11.3. The van der Waals surface area contributed by atoms with Gasteiger partial charge in [-0.1, -0.05) is 31.2 Å². The van der Waals surface area contributed by atoms with Gasteiger partial charge in [0.05, 0.1) is 0 Å². The summed E-state index contributed by atoms with van der Waals surface area (Å²) >= 11 is 0. The lowest BCUT2D eigenvalue weighted by molar-refractivity contribution is 0.468. The summed E-state index contributed by atoms with van der Waals surface area (Å²) in [5.41, 5.74) is 2.78. The van der Waals surface area contributed by atoms with E-state index in [0.717, 1.165) is 0 Å². The van der Waals surface area contributed by atoms with Gasteiger partial charge in [0.25, 0.3) is 0 Å². The van der Waals surface area contributed by atoms with Gasteiger partial charge in [-0.3, -0.25) is 0 Å². The minimum absolute atomic E-state index is 0.450. The third-order valence-corrected chi connectivity index (χ3v) is 2.80. The van der Waals surface area contributed by atoms with Crippen molar-refractivity contribution in [2.45, 2.75) is 46.2 Å². The van der Waals surface area contributed by atoms with Crippen LogP contribution in [-0.4, -0.2) is 6.04 Å². The van der Waals surface area contributed by atoms with Gasteiger partial charge in [-0.2, -0.15) is 0 Å². The maximum Gasteiger partial charge on any atom is 0.0296 e. The number of nitrogens with one attached hydrogen (secondary N) is 1. The van der Waals surface area contributed by atoms with Crippen molar-refractivity contribution < 1.29 is 0 Å². The van der Waals surface area contributed by atoms with E-state index in [1.807, 2.05) is 0 Å². The maximum absolute atomic E-state index is 3.59. The van der Waals surface area contributed by atoms with E-state index in [0.29, 0.717) is 12.1 Å². The zero-order valence-corrected chi connectivity index (χ0v) is 9.67. The zero-order valence-electron chi connectivity index (χ0n) is 9.67. The molecule has 0 aliphatic rings. The van der Waals surface area contributed by atoms with Crippen LogP contribution in [0.4, 0.5) is 0 Å². The molecule has 0 saturated heterocycles. The Morgan fingerprint density at radius 2 is 1.86 bits per heavy atom. The van der Waals surface area contributed by atoms with Crippen LogP contribution >= 0.6 is 0 Å². The number of benzene rings is 1. The molecule has 1 rings (SSSR count). The van der Waals surface area contributed by atoms with Crippen molar-refractivity contribution in [1.82, 2.24) is 5.32 Å². The molecule has 0 radical (unpaired) electrons. The van der Waals surface area contributed by atoms with Crippen LogP contribution in [0.2, 0.25) is 0 Å². The lowest BCUT2D eigenvalue weighted by Crippen LogP contribution is -2.28. The van der Waals surface area contributed by atoms with Crippen LogP contribution in [0, 0.1) is 6.92 Å². The first-order chi connectivity index (χ1) is 6.65. The maximum atomic E-state index is 3.59. The summed E-state index contributed by atoms with van der Waals surface area (Å²) in [6.07, 6.45) is 1.18. The largest absolute Gasteiger partial charge is 0.308 e. The molecule has 0 heterocycles. The highest BCUT2D eigenvalue weighted by molar-refractivity contribution is 5.28. The Bertz CT molecular complexity index is 280. The van der Waals surface area contributed by atoms with Crippen molar-refractivity contribution in [3.05, 3.63) is 35.4 Å². The van der Waals surface area contributed by atoms with Crippen molar-refractivity contribution in [3.8, 4) is 0 Å². The third-order valence-electron chi connectivity index (χ3n) is 2.80. The predicted molar refractivity (Wildman–Crippen MR) is 62.5 cm³/mol. The van der Waals surface area contributed by atoms with E-state index in [9.17, 15) is 0 Å². The number of rotatable bonds is 4. The Morgan fingerprint density at radius 1 is 1.21 bits per heavy atom. The van der Waals surface area contributed by atoms with Gasteiger partial charge in [0.2, 0.25) is 0 Å². The Balaban J connectivity index is 2.69. The van der Waals surface area contributed by atoms with Gasteiger partial charge in [-0.15, -0.1) is 0 Å². The van der Waals surface area contributed by atoms with Crippen LogP contribution in [-0.2, 0) is 0 Å². The molecule has 78 valence electrons. The van der Waals surface area contributed by atoms with Crippen LogP contribution in [0.25, 0.3) is 0 Å². The predicted octanol–water partition coefficient (Wildman–Crippen LogP) is 3.44. The SMILES string of the molecule is CCC(C)N[C@@H](C)c1ccccc1C. The lowest BCUT2D eigenvalue weighted by atomic mass is 10.0. The van der Waals surface area contributed by atoms with Gasteiger partial charge in [0.1, 0.15) is 0 Å². The normalized spacial score (nSPS) is 15.1. The van der Waals surface area contributed by atoms with E-state index in [-0.39, 0.29) is 0 Å². The topological polar surface area (TPSA) is 12.0 Å². The average molecular weight is 191 g/mol. The molecule has 1 aromatic carbocycles. The number of hydrogen-bond acceptors (Lipinski definition) is 1. The summed E-state index contributed by atoms with van der Waals surface area (Å²) < 4.78 is 0. The van der Waals surface area contributed by atoms with Gasteiger partial charge in [0, 0.05) is 12.1 Å². The Hall–Kier alpha value is -0.820. The minimum Gasteiger partial charge on any atom is -0.308 e. The van der Waals surface area contributed by atoms with E-state index in [1.54, 1.807) is 0 Å². The quantitative estimate of drug-likeness (QED) is 0.768. The molecule has 2 atom stereocenters. The van der Waals surface area contributed by atoms with E-state index in [2.05, 4.69) is 57.3 Å². The van der Waals surface area contributed by atoms with Gasteiger partial charge in [-0.05, 0) is 38.3 Å². The first-order valence-corrected chi connectivity index (χ1v) is 5.46. The summed E-state index contributed by atoms with van der Waals surface area (Å²) in [6.45, 7) is 8.84. The molecular formula is C13H21N. The van der Waals surface area contributed by atoms with E-state index in [4.69, 9.17) is 0 Å². The second-order valence-corrected chi connectivity index (χ2v) is 4.05.